The lowest BCUT2D eigenvalue weighted by Gasteiger charge is -2.05. The molecule has 2 heteroatoms. The van der Waals surface area contributed by atoms with Gasteiger partial charge in [0.15, 0.2) is 5.78 Å². The first-order valence-electron chi connectivity index (χ1n) is 4.98. The van der Waals surface area contributed by atoms with Crippen molar-refractivity contribution in [2.24, 2.45) is 0 Å². The fraction of sp³-hybridized carbons (Fsp3) is 0.417. The molecule has 0 N–H and O–H groups in total. The van der Waals surface area contributed by atoms with E-state index in [2.05, 4.69) is 6.92 Å². The van der Waals surface area contributed by atoms with Crippen LogP contribution in [0.3, 0.4) is 0 Å². The Hall–Kier alpha value is -1.31. The van der Waals surface area contributed by atoms with Gasteiger partial charge in [0, 0.05) is 5.56 Å². The van der Waals surface area contributed by atoms with Gasteiger partial charge >= 0.3 is 0 Å². The van der Waals surface area contributed by atoms with Crippen molar-refractivity contribution in [2.75, 3.05) is 6.61 Å². The zero-order valence-corrected chi connectivity index (χ0v) is 8.75. The molecule has 1 aromatic rings. The molecule has 0 unspecified atom stereocenters. The second kappa shape index (κ2) is 5.43. The summed E-state index contributed by atoms with van der Waals surface area (Å²) in [4.78, 5) is 11.1. The molecule has 0 bridgehead atoms. The Balaban J connectivity index is 2.59. The summed E-state index contributed by atoms with van der Waals surface area (Å²) in [7, 11) is 0. The highest BCUT2D eigenvalue weighted by Crippen LogP contribution is 2.13. The second-order valence-corrected chi connectivity index (χ2v) is 3.29. The molecule has 14 heavy (non-hydrogen) atoms. The van der Waals surface area contributed by atoms with Gasteiger partial charge in [-0.15, -0.1) is 0 Å². The van der Waals surface area contributed by atoms with Crippen LogP contribution in [-0.4, -0.2) is 12.4 Å². The van der Waals surface area contributed by atoms with Crippen molar-refractivity contribution in [3.8, 4) is 5.75 Å². The van der Waals surface area contributed by atoms with Gasteiger partial charge in [0.2, 0.25) is 0 Å². The molecule has 0 aliphatic rings. The number of Topliss-reactive ketones (excluding diaryl/α,β-unsaturated/α-hetero) is 1. The van der Waals surface area contributed by atoms with E-state index in [1.165, 1.54) is 0 Å². The number of carbonyl (C=O) groups excluding carboxylic acids is 1. The highest BCUT2D eigenvalue weighted by atomic mass is 16.5. The number of hydrogen-bond donors (Lipinski definition) is 0. The van der Waals surface area contributed by atoms with Gasteiger partial charge in [-0.1, -0.05) is 25.5 Å². The Bertz CT molecular complexity index is 305. The summed E-state index contributed by atoms with van der Waals surface area (Å²) in [5.41, 5.74) is 0.707. The third-order valence-corrected chi connectivity index (χ3v) is 2.01. The van der Waals surface area contributed by atoms with Crippen molar-refractivity contribution < 1.29 is 9.53 Å². The van der Waals surface area contributed by atoms with Gasteiger partial charge in [-0.2, -0.15) is 0 Å². The molecule has 0 heterocycles. The van der Waals surface area contributed by atoms with Crippen LogP contribution in [0.15, 0.2) is 24.3 Å². The fourth-order valence-corrected chi connectivity index (χ4v) is 1.14. The van der Waals surface area contributed by atoms with Crippen LogP contribution in [0, 0.1) is 0 Å². The van der Waals surface area contributed by atoms with E-state index in [0.29, 0.717) is 5.56 Å². The lowest BCUT2D eigenvalue weighted by atomic mass is 10.1. The largest absolute Gasteiger partial charge is 0.494 e. The number of rotatable bonds is 5. The number of benzene rings is 1. The van der Waals surface area contributed by atoms with E-state index in [-0.39, 0.29) is 5.78 Å². The summed E-state index contributed by atoms with van der Waals surface area (Å²) < 4.78 is 5.48. The third-order valence-electron chi connectivity index (χ3n) is 2.01. The smallest absolute Gasteiger partial charge is 0.159 e. The minimum atomic E-state index is 0.0749. The molecule has 1 rings (SSSR count). The number of unbranched alkanes of at least 4 members (excludes halogenated alkanes) is 1. The first-order chi connectivity index (χ1) is 6.74. The Morgan fingerprint density at radius 2 is 2.21 bits per heavy atom. The molecule has 0 amide bonds. The summed E-state index contributed by atoms with van der Waals surface area (Å²) in [6.07, 6.45) is 2.16. The quantitative estimate of drug-likeness (QED) is 0.529. The molecular weight excluding hydrogens is 176 g/mol. The molecule has 0 saturated heterocycles. The van der Waals surface area contributed by atoms with E-state index in [1.807, 2.05) is 12.1 Å². The summed E-state index contributed by atoms with van der Waals surface area (Å²) in [5, 5.41) is 0. The summed E-state index contributed by atoms with van der Waals surface area (Å²) in [6, 6.07) is 7.31. The molecule has 0 atom stereocenters. The van der Waals surface area contributed by atoms with Gasteiger partial charge in [-0.05, 0) is 25.5 Å². The molecular formula is C12H16O2. The Labute approximate surface area is 84.9 Å². The van der Waals surface area contributed by atoms with Gasteiger partial charge < -0.3 is 4.74 Å². The average molecular weight is 192 g/mol. The van der Waals surface area contributed by atoms with E-state index in [9.17, 15) is 4.79 Å². The minimum absolute atomic E-state index is 0.0749. The van der Waals surface area contributed by atoms with Crippen molar-refractivity contribution in [3.05, 3.63) is 29.8 Å². The number of carbonyl (C=O) groups is 1. The van der Waals surface area contributed by atoms with Crippen molar-refractivity contribution >= 4 is 5.78 Å². The maximum absolute atomic E-state index is 11.1. The lowest BCUT2D eigenvalue weighted by Crippen LogP contribution is -1.98. The standard InChI is InChI=1S/C12H16O2/c1-3-4-8-14-12-7-5-6-11(9-12)10(2)13/h5-7,9H,3-4,8H2,1-2H3. The molecule has 0 saturated carbocycles. The van der Waals surface area contributed by atoms with Crippen LogP contribution in [0.5, 0.6) is 5.75 Å². The van der Waals surface area contributed by atoms with E-state index >= 15 is 0 Å². The minimum Gasteiger partial charge on any atom is -0.494 e. The topological polar surface area (TPSA) is 26.3 Å². The third kappa shape index (κ3) is 3.21. The Morgan fingerprint density at radius 1 is 1.43 bits per heavy atom. The maximum Gasteiger partial charge on any atom is 0.159 e. The zero-order chi connectivity index (χ0) is 10.4. The van der Waals surface area contributed by atoms with Crippen LogP contribution in [0.1, 0.15) is 37.0 Å². The first kappa shape index (κ1) is 10.8. The predicted molar refractivity (Wildman–Crippen MR) is 56.8 cm³/mol. The Morgan fingerprint density at radius 3 is 2.86 bits per heavy atom. The van der Waals surface area contributed by atoms with Crippen molar-refractivity contribution in [1.29, 1.82) is 0 Å². The molecule has 0 aliphatic heterocycles. The van der Waals surface area contributed by atoms with Crippen LogP contribution < -0.4 is 4.74 Å². The lowest BCUT2D eigenvalue weighted by molar-refractivity contribution is 0.101. The van der Waals surface area contributed by atoms with Crippen molar-refractivity contribution in [1.82, 2.24) is 0 Å². The number of hydrogen-bond acceptors (Lipinski definition) is 2. The van der Waals surface area contributed by atoms with Gasteiger partial charge in [-0.25, -0.2) is 0 Å². The SMILES string of the molecule is CCCCOc1cccc(C(C)=O)c1. The Kier molecular flexibility index (Phi) is 4.17. The van der Waals surface area contributed by atoms with Gasteiger partial charge in [0.05, 0.1) is 6.61 Å². The van der Waals surface area contributed by atoms with Crippen LogP contribution in [0.4, 0.5) is 0 Å². The van der Waals surface area contributed by atoms with Gasteiger partial charge in [0.1, 0.15) is 5.75 Å². The average Bonchev–Trinajstić information content (AvgIpc) is 2.19. The van der Waals surface area contributed by atoms with Gasteiger partial charge in [0.25, 0.3) is 0 Å². The second-order valence-electron chi connectivity index (χ2n) is 3.29. The summed E-state index contributed by atoms with van der Waals surface area (Å²) in [6.45, 7) is 4.40. The zero-order valence-electron chi connectivity index (χ0n) is 8.75. The fourth-order valence-electron chi connectivity index (χ4n) is 1.14. The van der Waals surface area contributed by atoms with E-state index in [1.54, 1.807) is 19.1 Å². The van der Waals surface area contributed by atoms with Crippen molar-refractivity contribution in [3.63, 3.8) is 0 Å². The molecule has 0 radical (unpaired) electrons. The molecule has 76 valence electrons. The number of ketones is 1. The van der Waals surface area contributed by atoms with E-state index in [0.717, 1.165) is 25.2 Å². The molecule has 0 fully saturated rings. The molecule has 2 nitrogen and oxygen atoms in total. The summed E-state index contributed by atoms with van der Waals surface area (Å²) >= 11 is 0. The highest BCUT2D eigenvalue weighted by Gasteiger charge is 2.00. The van der Waals surface area contributed by atoms with Crippen molar-refractivity contribution in [2.45, 2.75) is 26.7 Å². The van der Waals surface area contributed by atoms with Crippen LogP contribution >= 0.6 is 0 Å². The van der Waals surface area contributed by atoms with Gasteiger partial charge in [-0.3, -0.25) is 4.79 Å². The van der Waals surface area contributed by atoms with E-state index in [4.69, 9.17) is 4.74 Å². The van der Waals surface area contributed by atoms with Crippen LogP contribution in [0.2, 0.25) is 0 Å². The van der Waals surface area contributed by atoms with E-state index < -0.39 is 0 Å². The monoisotopic (exact) mass is 192 g/mol. The van der Waals surface area contributed by atoms with Crippen LogP contribution in [-0.2, 0) is 0 Å². The molecule has 1 aromatic carbocycles. The summed E-state index contributed by atoms with van der Waals surface area (Å²) in [5.74, 6) is 0.858. The number of ether oxygens (including phenoxy) is 1. The molecule has 0 aromatic heterocycles. The molecule has 0 aliphatic carbocycles. The predicted octanol–water partition coefficient (Wildman–Crippen LogP) is 3.07. The first-order valence-corrected chi connectivity index (χ1v) is 4.98. The maximum atomic E-state index is 11.1. The van der Waals surface area contributed by atoms with Crippen LogP contribution in [0.25, 0.3) is 0 Å². The highest BCUT2D eigenvalue weighted by molar-refractivity contribution is 5.94. The normalized spacial score (nSPS) is 9.86. The molecule has 0 spiro atoms.